The van der Waals surface area contributed by atoms with E-state index >= 15 is 0 Å². The van der Waals surface area contributed by atoms with E-state index in [0.29, 0.717) is 29.7 Å². The lowest BCUT2D eigenvalue weighted by Crippen LogP contribution is -2.26. The molecule has 0 saturated heterocycles. The molecule has 0 aliphatic heterocycles. The number of phenolic OH excluding ortho intramolecular Hbond substituents is 1. The van der Waals surface area contributed by atoms with Gasteiger partial charge in [-0.3, -0.25) is 4.79 Å². The van der Waals surface area contributed by atoms with Crippen LogP contribution < -0.4 is 5.32 Å². The van der Waals surface area contributed by atoms with E-state index in [2.05, 4.69) is 5.32 Å². The van der Waals surface area contributed by atoms with Crippen molar-refractivity contribution in [2.24, 2.45) is 0 Å². The summed E-state index contributed by atoms with van der Waals surface area (Å²) in [6.45, 7) is 0.365. The van der Waals surface area contributed by atoms with Crippen LogP contribution in [0.3, 0.4) is 0 Å². The first-order valence-electron chi connectivity index (χ1n) is 8.67. The zero-order valence-corrected chi connectivity index (χ0v) is 14.8. The van der Waals surface area contributed by atoms with Gasteiger partial charge in [0, 0.05) is 12.1 Å². The fourth-order valence-electron chi connectivity index (χ4n) is 2.90. The van der Waals surface area contributed by atoms with E-state index < -0.39 is 11.7 Å². The monoisotopic (exact) mass is 385 g/mol. The Bertz CT molecular complexity index is 966. The fourth-order valence-corrected chi connectivity index (χ4v) is 2.90. The highest BCUT2D eigenvalue weighted by Gasteiger charge is 2.30. The number of carbonyl (C=O) groups is 1. The maximum atomic E-state index is 12.8. The summed E-state index contributed by atoms with van der Waals surface area (Å²) in [5.41, 5.74) is 1.64. The van der Waals surface area contributed by atoms with Crippen molar-refractivity contribution >= 4 is 5.91 Å². The molecule has 0 aliphatic rings. The number of carbonyl (C=O) groups excluding carboxylic acids is 1. The minimum absolute atomic E-state index is 0.163. The predicted molar refractivity (Wildman–Crippen MR) is 101 cm³/mol. The van der Waals surface area contributed by atoms with Crippen molar-refractivity contribution in [1.82, 2.24) is 5.32 Å². The van der Waals surface area contributed by atoms with Crippen LogP contribution in [0.2, 0.25) is 0 Å². The predicted octanol–water partition coefficient (Wildman–Crippen LogP) is 5.05. The Morgan fingerprint density at radius 1 is 0.929 bits per heavy atom. The molecule has 3 nitrogen and oxygen atoms in total. The highest BCUT2D eigenvalue weighted by molar-refractivity contribution is 6.00. The molecule has 0 aliphatic carbocycles. The Morgan fingerprint density at radius 3 is 2.32 bits per heavy atom. The van der Waals surface area contributed by atoms with Crippen LogP contribution in [-0.2, 0) is 12.6 Å². The molecule has 3 aromatic rings. The van der Waals surface area contributed by atoms with Gasteiger partial charge in [0.25, 0.3) is 5.91 Å². The molecule has 0 fully saturated rings. The van der Waals surface area contributed by atoms with Gasteiger partial charge < -0.3 is 10.4 Å². The smallest absolute Gasteiger partial charge is 0.416 e. The van der Waals surface area contributed by atoms with Crippen molar-refractivity contribution in [3.05, 3.63) is 89.5 Å². The number of hydrogen-bond donors (Lipinski definition) is 2. The summed E-state index contributed by atoms with van der Waals surface area (Å²) in [7, 11) is 0. The largest absolute Gasteiger partial charge is 0.508 e. The van der Waals surface area contributed by atoms with Crippen LogP contribution in [0.4, 0.5) is 13.2 Å². The zero-order valence-electron chi connectivity index (χ0n) is 14.8. The Balaban J connectivity index is 1.73. The number of hydrogen-bond acceptors (Lipinski definition) is 2. The standard InChI is InChI=1S/C22H18F3NO2/c23-22(24,25)17-10-8-16(9-11-17)19-6-1-2-7-20(19)21(28)26-13-12-15-4-3-5-18(27)14-15/h1-11,14,27H,12-13H2,(H,26,28). The Kier molecular flexibility index (Phi) is 5.68. The maximum Gasteiger partial charge on any atom is 0.416 e. The van der Waals surface area contributed by atoms with Crippen molar-refractivity contribution in [1.29, 1.82) is 0 Å². The number of nitrogens with one attached hydrogen (secondary N) is 1. The lowest BCUT2D eigenvalue weighted by Gasteiger charge is -2.12. The van der Waals surface area contributed by atoms with Crippen LogP contribution in [0.5, 0.6) is 5.75 Å². The average Bonchev–Trinajstić information content (AvgIpc) is 2.67. The van der Waals surface area contributed by atoms with Crippen molar-refractivity contribution in [2.75, 3.05) is 6.54 Å². The summed E-state index contributed by atoms with van der Waals surface area (Å²) < 4.78 is 38.3. The fraction of sp³-hybridized carbons (Fsp3) is 0.136. The van der Waals surface area contributed by atoms with Gasteiger partial charge in [-0.15, -0.1) is 0 Å². The Morgan fingerprint density at radius 2 is 1.64 bits per heavy atom. The van der Waals surface area contributed by atoms with Crippen molar-refractivity contribution in [2.45, 2.75) is 12.6 Å². The van der Waals surface area contributed by atoms with Crippen LogP contribution in [-0.4, -0.2) is 17.6 Å². The Labute approximate surface area is 160 Å². The molecule has 0 unspecified atom stereocenters. The van der Waals surface area contributed by atoms with Gasteiger partial charge in [-0.25, -0.2) is 0 Å². The van der Waals surface area contributed by atoms with E-state index in [9.17, 15) is 23.1 Å². The van der Waals surface area contributed by atoms with Gasteiger partial charge in [-0.1, -0.05) is 42.5 Å². The van der Waals surface area contributed by atoms with Gasteiger partial charge in [0.05, 0.1) is 5.56 Å². The quantitative estimate of drug-likeness (QED) is 0.646. The van der Waals surface area contributed by atoms with E-state index in [0.717, 1.165) is 17.7 Å². The summed E-state index contributed by atoms with van der Waals surface area (Å²) in [5, 5.41) is 12.3. The second-order valence-electron chi connectivity index (χ2n) is 6.30. The third kappa shape index (κ3) is 4.71. The van der Waals surface area contributed by atoms with Crippen LogP contribution in [0.15, 0.2) is 72.8 Å². The van der Waals surface area contributed by atoms with E-state index in [1.54, 1.807) is 42.5 Å². The zero-order chi connectivity index (χ0) is 20.1. The minimum Gasteiger partial charge on any atom is -0.508 e. The summed E-state index contributed by atoms with van der Waals surface area (Å²) in [5.74, 6) is -0.146. The molecule has 1 amide bonds. The van der Waals surface area contributed by atoms with Gasteiger partial charge in [-0.2, -0.15) is 13.2 Å². The number of aromatic hydroxyl groups is 1. The molecule has 0 radical (unpaired) electrons. The highest BCUT2D eigenvalue weighted by atomic mass is 19.4. The summed E-state index contributed by atoms with van der Waals surface area (Å²) in [6, 6.07) is 18.3. The Hall–Kier alpha value is -3.28. The van der Waals surface area contributed by atoms with Gasteiger partial charge in [0.2, 0.25) is 0 Å². The van der Waals surface area contributed by atoms with Crippen LogP contribution in [0.25, 0.3) is 11.1 Å². The molecule has 3 aromatic carbocycles. The second kappa shape index (κ2) is 8.17. The van der Waals surface area contributed by atoms with Gasteiger partial charge in [0.1, 0.15) is 5.75 Å². The molecular weight excluding hydrogens is 367 g/mol. The SMILES string of the molecule is O=C(NCCc1cccc(O)c1)c1ccccc1-c1ccc(C(F)(F)F)cc1. The molecule has 0 bridgehead atoms. The lowest BCUT2D eigenvalue weighted by molar-refractivity contribution is -0.137. The molecule has 0 spiro atoms. The molecule has 28 heavy (non-hydrogen) atoms. The van der Waals surface area contributed by atoms with E-state index in [4.69, 9.17) is 0 Å². The minimum atomic E-state index is -4.40. The maximum absolute atomic E-state index is 12.8. The first kappa shape index (κ1) is 19.5. The number of amides is 1. The third-order valence-electron chi connectivity index (χ3n) is 4.30. The third-order valence-corrected chi connectivity index (χ3v) is 4.30. The number of benzene rings is 3. The van der Waals surface area contributed by atoms with Crippen molar-refractivity contribution in [3.63, 3.8) is 0 Å². The topological polar surface area (TPSA) is 49.3 Å². The van der Waals surface area contributed by atoms with Gasteiger partial charge in [-0.05, 0) is 53.4 Å². The van der Waals surface area contributed by atoms with E-state index in [-0.39, 0.29) is 11.7 Å². The van der Waals surface area contributed by atoms with Gasteiger partial charge in [0.15, 0.2) is 0 Å². The first-order valence-corrected chi connectivity index (χ1v) is 8.67. The summed E-state index contributed by atoms with van der Waals surface area (Å²) in [4.78, 5) is 12.6. The second-order valence-corrected chi connectivity index (χ2v) is 6.30. The molecular formula is C22H18F3NO2. The van der Waals surface area contributed by atoms with Gasteiger partial charge >= 0.3 is 6.18 Å². The molecule has 0 atom stereocenters. The van der Waals surface area contributed by atoms with Crippen molar-refractivity contribution in [3.8, 4) is 16.9 Å². The molecule has 2 N–H and O–H groups in total. The molecule has 144 valence electrons. The number of halogens is 3. The first-order chi connectivity index (χ1) is 13.3. The summed E-state index contributed by atoms with van der Waals surface area (Å²) >= 11 is 0. The van der Waals surface area contributed by atoms with Crippen molar-refractivity contribution < 1.29 is 23.1 Å². The number of rotatable bonds is 5. The number of alkyl halides is 3. The molecule has 0 aromatic heterocycles. The van der Waals surface area contributed by atoms with Crippen LogP contribution in [0, 0.1) is 0 Å². The summed E-state index contributed by atoms with van der Waals surface area (Å²) in [6.07, 6.45) is -3.86. The highest BCUT2D eigenvalue weighted by Crippen LogP contribution is 2.31. The van der Waals surface area contributed by atoms with Crippen LogP contribution >= 0.6 is 0 Å². The molecule has 0 heterocycles. The molecule has 6 heteroatoms. The average molecular weight is 385 g/mol. The van der Waals surface area contributed by atoms with Crippen LogP contribution in [0.1, 0.15) is 21.5 Å². The van der Waals surface area contributed by atoms with E-state index in [1.807, 2.05) is 6.07 Å². The molecule has 0 saturated carbocycles. The molecule has 3 rings (SSSR count). The van der Waals surface area contributed by atoms with E-state index in [1.165, 1.54) is 12.1 Å². The number of phenols is 1. The lowest BCUT2D eigenvalue weighted by atomic mass is 9.98. The normalized spacial score (nSPS) is 11.2.